The molecule has 166 valence electrons. The maximum absolute atomic E-state index is 13.4. The smallest absolute Gasteiger partial charge is 0.282 e. The highest BCUT2D eigenvalue weighted by Crippen LogP contribution is 2.27. The van der Waals surface area contributed by atoms with Gasteiger partial charge in [0.25, 0.3) is 23.4 Å². The number of carbonyl (C=O) groups excluding carboxylic acids is 3. The molecule has 0 aliphatic carbocycles. The van der Waals surface area contributed by atoms with Crippen LogP contribution in [-0.4, -0.2) is 47.7 Å². The lowest BCUT2D eigenvalue weighted by Gasteiger charge is -2.25. The minimum atomic E-state index is -0.632. The third-order valence-corrected chi connectivity index (χ3v) is 5.37. The Hall–Kier alpha value is -4.53. The highest BCUT2D eigenvalue weighted by molar-refractivity contribution is 6.21. The average molecular weight is 445 g/mol. The number of imide groups is 1. The molecule has 0 spiro atoms. The van der Waals surface area contributed by atoms with E-state index in [2.05, 4.69) is 0 Å². The number of carbonyl (C=O) groups is 3. The van der Waals surface area contributed by atoms with E-state index in [1.807, 2.05) is 0 Å². The van der Waals surface area contributed by atoms with Crippen molar-refractivity contribution in [3.05, 3.63) is 99.6 Å². The van der Waals surface area contributed by atoms with Crippen LogP contribution >= 0.6 is 0 Å². The molecule has 1 aliphatic rings. The van der Waals surface area contributed by atoms with Gasteiger partial charge < -0.3 is 9.64 Å². The summed E-state index contributed by atoms with van der Waals surface area (Å²) in [6.45, 7) is -0.153. The zero-order valence-corrected chi connectivity index (χ0v) is 17.6. The summed E-state index contributed by atoms with van der Waals surface area (Å²) in [7, 11) is 1.48. The van der Waals surface area contributed by atoms with Gasteiger partial charge in [-0.25, -0.2) is 0 Å². The molecule has 3 amide bonds. The van der Waals surface area contributed by atoms with Crippen molar-refractivity contribution in [2.45, 2.75) is 0 Å². The number of ether oxygens (including phenoxy) is 1. The third kappa shape index (κ3) is 4.03. The number of fused-ring (bicyclic) bond motifs is 1. The van der Waals surface area contributed by atoms with Gasteiger partial charge in [0.2, 0.25) is 0 Å². The second-order valence-corrected chi connectivity index (χ2v) is 7.24. The van der Waals surface area contributed by atoms with Gasteiger partial charge in [0.05, 0.1) is 23.2 Å². The number of methoxy groups -OCH3 is 1. The quantitative estimate of drug-likeness (QED) is 0.313. The van der Waals surface area contributed by atoms with Crippen LogP contribution in [0.15, 0.2) is 72.8 Å². The van der Waals surface area contributed by atoms with E-state index < -0.39 is 22.6 Å². The fraction of sp³-hybridized carbons (Fsp3) is 0.125. The van der Waals surface area contributed by atoms with E-state index in [1.165, 1.54) is 36.3 Å². The lowest BCUT2D eigenvalue weighted by Crippen LogP contribution is -2.41. The molecule has 0 aromatic heterocycles. The fourth-order valence-corrected chi connectivity index (χ4v) is 3.73. The summed E-state index contributed by atoms with van der Waals surface area (Å²) in [5.74, 6) is -1.04. The molecule has 9 heteroatoms. The Bertz CT molecular complexity index is 1240. The van der Waals surface area contributed by atoms with Crippen LogP contribution in [-0.2, 0) is 0 Å². The van der Waals surface area contributed by atoms with Crippen molar-refractivity contribution in [2.24, 2.45) is 0 Å². The van der Waals surface area contributed by atoms with Crippen LogP contribution < -0.4 is 9.64 Å². The second kappa shape index (κ2) is 8.91. The van der Waals surface area contributed by atoms with Crippen LogP contribution in [0.25, 0.3) is 0 Å². The molecule has 0 atom stereocenters. The van der Waals surface area contributed by atoms with E-state index in [0.717, 1.165) is 4.90 Å². The molecule has 1 heterocycles. The first-order chi connectivity index (χ1) is 15.9. The van der Waals surface area contributed by atoms with Crippen LogP contribution in [0.2, 0.25) is 0 Å². The molecule has 0 unspecified atom stereocenters. The molecule has 33 heavy (non-hydrogen) atoms. The van der Waals surface area contributed by atoms with Crippen molar-refractivity contribution in [3.8, 4) is 5.75 Å². The molecule has 0 saturated heterocycles. The normalized spacial score (nSPS) is 12.5. The van der Waals surface area contributed by atoms with E-state index >= 15 is 0 Å². The summed E-state index contributed by atoms with van der Waals surface area (Å²) in [5.41, 5.74) is 0.582. The molecule has 1 aliphatic heterocycles. The number of hydrogen-bond acceptors (Lipinski definition) is 6. The van der Waals surface area contributed by atoms with Crippen LogP contribution in [0.4, 0.5) is 11.4 Å². The lowest BCUT2D eigenvalue weighted by molar-refractivity contribution is -0.385. The van der Waals surface area contributed by atoms with Crippen molar-refractivity contribution in [1.82, 2.24) is 4.90 Å². The second-order valence-electron chi connectivity index (χ2n) is 7.24. The summed E-state index contributed by atoms with van der Waals surface area (Å²) in [6, 6.07) is 18.8. The number of amides is 3. The molecular formula is C24H19N3O6. The highest BCUT2D eigenvalue weighted by atomic mass is 16.6. The van der Waals surface area contributed by atoms with Crippen LogP contribution in [0.1, 0.15) is 31.1 Å². The summed E-state index contributed by atoms with van der Waals surface area (Å²) in [4.78, 5) is 52.1. The number of nitrogens with zero attached hydrogens (tertiary/aromatic N) is 3. The van der Waals surface area contributed by atoms with E-state index in [0.29, 0.717) is 22.6 Å². The average Bonchev–Trinajstić information content (AvgIpc) is 3.09. The monoisotopic (exact) mass is 445 g/mol. The fourth-order valence-electron chi connectivity index (χ4n) is 3.73. The van der Waals surface area contributed by atoms with E-state index in [4.69, 9.17) is 4.74 Å². The van der Waals surface area contributed by atoms with Crippen molar-refractivity contribution in [2.75, 3.05) is 25.1 Å². The predicted molar refractivity (Wildman–Crippen MR) is 120 cm³/mol. The first kappa shape index (κ1) is 21.7. The maximum Gasteiger partial charge on any atom is 0.282 e. The molecule has 0 N–H and O–H groups in total. The number of hydrogen-bond donors (Lipinski definition) is 0. The number of rotatable bonds is 7. The third-order valence-electron chi connectivity index (χ3n) is 5.37. The van der Waals surface area contributed by atoms with Gasteiger partial charge in [-0.15, -0.1) is 0 Å². The Kier molecular flexibility index (Phi) is 5.86. The standard InChI is InChI=1S/C24H19N3O6/c1-33-17-8-6-7-16(15-17)25(24(30)20-11-4-5-12-21(20)27(31)32)13-14-26-22(28)18-9-2-3-10-19(18)23(26)29/h2-12,15H,13-14H2,1H3. The maximum atomic E-state index is 13.4. The summed E-state index contributed by atoms with van der Waals surface area (Å²) in [5, 5.41) is 11.5. The SMILES string of the molecule is COc1cccc(N(CCN2C(=O)c3ccccc3C2=O)C(=O)c2ccccc2[N+](=O)[O-])c1. The molecule has 0 saturated carbocycles. The van der Waals surface area contributed by atoms with Crippen molar-refractivity contribution < 1.29 is 24.0 Å². The van der Waals surface area contributed by atoms with Gasteiger partial charge in [-0.1, -0.05) is 30.3 Å². The Morgan fingerprint density at radius 2 is 1.61 bits per heavy atom. The van der Waals surface area contributed by atoms with Crippen molar-refractivity contribution in [3.63, 3.8) is 0 Å². The van der Waals surface area contributed by atoms with E-state index in [9.17, 15) is 24.5 Å². The van der Waals surface area contributed by atoms with Gasteiger partial charge >= 0.3 is 0 Å². The van der Waals surface area contributed by atoms with Crippen LogP contribution in [0.3, 0.4) is 0 Å². The minimum absolute atomic E-state index is 0.0660. The summed E-state index contributed by atoms with van der Waals surface area (Å²) >= 11 is 0. The van der Waals surface area contributed by atoms with Gasteiger partial charge in [0, 0.05) is 30.9 Å². The van der Waals surface area contributed by atoms with E-state index in [1.54, 1.807) is 48.5 Å². The zero-order valence-electron chi connectivity index (χ0n) is 17.6. The molecule has 0 bridgehead atoms. The van der Waals surface area contributed by atoms with Gasteiger partial charge in [-0.3, -0.25) is 29.4 Å². The van der Waals surface area contributed by atoms with Crippen LogP contribution in [0, 0.1) is 10.1 Å². The molecule has 3 aromatic rings. The molecule has 0 fully saturated rings. The van der Waals surface area contributed by atoms with Gasteiger partial charge in [-0.05, 0) is 30.3 Å². The minimum Gasteiger partial charge on any atom is -0.497 e. The van der Waals surface area contributed by atoms with Gasteiger partial charge in [-0.2, -0.15) is 0 Å². The Balaban J connectivity index is 1.67. The zero-order chi connectivity index (χ0) is 23.5. The number of anilines is 1. The number of nitro groups is 1. The van der Waals surface area contributed by atoms with E-state index in [-0.39, 0.29) is 24.3 Å². The number of para-hydroxylation sites is 1. The molecule has 0 radical (unpaired) electrons. The molecular weight excluding hydrogens is 426 g/mol. The molecule has 9 nitrogen and oxygen atoms in total. The molecule has 3 aromatic carbocycles. The highest BCUT2D eigenvalue weighted by Gasteiger charge is 2.36. The van der Waals surface area contributed by atoms with Crippen LogP contribution in [0.5, 0.6) is 5.75 Å². The van der Waals surface area contributed by atoms with Crippen molar-refractivity contribution in [1.29, 1.82) is 0 Å². The largest absolute Gasteiger partial charge is 0.497 e. The predicted octanol–water partition coefficient (Wildman–Crippen LogP) is 3.55. The first-order valence-electron chi connectivity index (χ1n) is 10.1. The van der Waals surface area contributed by atoms with Gasteiger partial charge in [0.1, 0.15) is 11.3 Å². The Labute approximate surface area is 189 Å². The Morgan fingerprint density at radius 1 is 0.970 bits per heavy atom. The van der Waals surface area contributed by atoms with Crippen molar-refractivity contribution >= 4 is 29.1 Å². The Morgan fingerprint density at radius 3 is 2.24 bits per heavy atom. The molecule has 4 rings (SSSR count). The first-order valence-corrected chi connectivity index (χ1v) is 10.1. The number of benzene rings is 3. The number of nitro benzene ring substituents is 1. The topological polar surface area (TPSA) is 110 Å². The van der Waals surface area contributed by atoms with Gasteiger partial charge in [0.15, 0.2) is 0 Å². The summed E-state index contributed by atoms with van der Waals surface area (Å²) < 4.78 is 5.24. The summed E-state index contributed by atoms with van der Waals surface area (Å²) in [6.07, 6.45) is 0. The lowest BCUT2D eigenvalue weighted by atomic mass is 10.1.